The van der Waals surface area contributed by atoms with Gasteiger partial charge in [-0.25, -0.2) is 0 Å². The number of nitrogens with one attached hydrogen (secondary N) is 1. The number of likely N-dealkylation sites (tertiary alicyclic amines) is 1. The highest BCUT2D eigenvalue weighted by Crippen LogP contribution is 2.30. The molecule has 2 aromatic carbocycles. The van der Waals surface area contributed by atoms with Crippen molar-refractivity contribution in [1.82, 2.24) is 15.1 Å². The summed E-state index contributed by atoms with van der Waals surface area (Å²) in [7, 11) is 0. The summed E-state index contributed by atoms with van der Waals surface area (Å²) in [6.07, 6.45) is 1.35. The Bertz CT molecular complexity index is 1170. The van der Waals surface area contributed by atoms with Gasteiger partial charge in [0.15, 0.2) is 0 Å². The van der Waals surface area contributed by atoms with Gasteiger partial charge in [-0.2, -0.15) is 5.26 Å². The van der Waals surface area contributed by atoms with Crippen LogP contribution in [0.2, 0.25) is 0 Å². The number of carbonyl (C=O) groups is 3. The molecule has 1 N–H and O–H groups in total. The van der Waals surface area contributed by atoms with Crippen molar-refractivity contribution in [3.63, 3.8) is 0 Å². The van der Waals surface area contributed by atoms with E-state index in [1.54, 1.807) is 28.0 Å². The van der Waals surface area contributed by atoms with E-state index in [1.165, 1.54) is 0 Å². The zero-order valence-corrected chi connectivity index (χ0v) is 19.9. The maximum absolute atomic E-state index is 13.7. The topological polar surface area (TPSA) is 93.5 Å². The third kappa shape index (κ3) is 4.41. The summed E-state index contributed by atoms with van der Waals surface area (Å²) < 4.78 is 0. The second-order valence-corrected chi connectivity index (χ2v) is 9.44. The molecule has 2 heterocycles. The number of hydrogen-bond donors (Lipinski definition) is 1. The van der Waals surface area contributed by atoms with Crippen LogP contribution in [0, 0.1) is 24.2 Å². The van der Waals surface area contributed by atoms with Gasteiger partial charge < -0.3 is 15.1 Å². The van der Waals surface area contributed by atoms with E-state index < -0.39 is 12.1 Å². The summed E-state index contributed by atoms with van der Waals surface area (Å²) in [6.45, 7) is 7.04. The lowest BCUT2D eigenvalue weighted by Crippen LogP contribution is -2.55. The van der Waals surface area contributed by atoms with Gasteiger partial charge in [0.2, 0.25) is 11.8 Å². The Morgan fingerprint density at radius 2 is 1.97 bits per heavy atom. The lowest BCUT2D eigenvalue weighted by molar-refractivity contribution is -0.143. The zero-order valence-electron chi connectivity index (χ0n) is 19.9. The molecule has 1 saturated heterocycles. The van der Waals surface area contributed by atoms with Crippen molar-refractivity contribution >= 4 is 17.7 Å². The van der Waals surface area contributed by atoms with Crippen LogP contribution in [0.3, 0.4) is 0 Å². The third-order valence-corrected chi connectivity index (χ3v) is 6.83. The molecule has 2 atom stereocenters. The molecule has 1 fully saturated rings. The van der Waals surface area contributed by atoms with Crippen LogP contribution in [0.15, 0.2) is 42.5 Å². The molecule has 2 aliphatic heterocycles. The monoisotopic (exact) mass is 458 g/mol. The molecule has 4 rings (SSSR count). The molecule has 176 valence electrons. The molecule has 3 amide bonds. The molecule has 2 aromatic rings. The minimum absolute atomic E-state index is 0.0867. The normalized spacial score (nSPS) is 18.1. The maximum Gasteiger partial charge on any atom is 0.255 e. The van der Waals surface area contributed by atoms with E-state index in [4.69, 9.17) is 5.26 Å². The molecule has 2 unspecified atom stereocenters. The zero-order chi connectivity index (χ0) is 24.4. The van der Waals surface area contributed by atoms with Crippen LogP contribution >= 0.6 is 0 Å². The van der Waals surface area contributed by atoms with Gasteiger partial charge in [-0.05, 0) is 60.6 Å². The lowest BCUT2D eigenvalue weighted by atomic mass is 10.00. The van der Waals surface area contributed by atoms with Crippen LogP contribution in [0.5, 0.6) is 0 Å². The minimum atomic E-state index is -0.617. The van der Waals surface area contributed by atoms with Gasteiger partial charge in [0, 0.05) is 25.2 Å². The number of nitriles is 1. The van der Waals surface area contributed by atoms with E-state index >= 15 is 0 Å². The van der Waals surface area contributed by atoms with E-state index in [9.17, 15) is 14.4 Å². The number of amides is 3. The average molecular weight is 459 g/mol. The van der Waals surface area contributed by atoms with E-state index in [2.05, 4.69) is 11.4 Å². The van der Waals surface area contributed by atoms with Gasteiger partial charge in [0.05, 0.1) is 11.6 Å². The standard InChI is InChI=1S/C27H30N4O3/c1-17(2)24(31-16-21-7-4-5-8-22(21)26(31)33)27(34)30-12-6-9-23(30)25(32)29-15-20-11-10-19(14-28)13-18(20)3/h4-5,7-8,10-11,13,17,23-24H,6,9,12,15-16H2,1-3H3,(H,29,32). The van der Waals surface area contributed by atoms with Crippen molar-refractivity contribution in [2.24, 2.45) is 5.92 Å². The van der Waals surface area contributed by atoms with Crippen LogP contribution in [-0.4, -0.2) is 46.1 Å². The van der Waals surface area contributed by atoms with Crippen LogP contribution in [0.25, 0.3) is 0 Å². The van der Waals surface area contributed by atoms with Crippen molar-refractivity contribution in [2.45, 2.75) is 58.8 Å². The Hall–Kier alpha value is -3.66. The molecule has 34 heavy (non-hydrogen) atoms. The minimum Gasteiger partial charge on any atom is -0.350 e. The SMILES string of the molecule is Cc1cc(C#N)ccc1CNC(=O)C1CCCN1C(=O)C(C(C)C)N1Cc2ccccc2C1=O. The number of fused-ring (bicyclic) bond motifs is 1. The molecule has 0 aromatic heterocycles. The number of nitrogens with zero attached hydrogens (tertiary/aromatic N) is 3. The third-order valence-electron chi connectivity index (χ3n) is 6.83. The number of aryl methyl sites for hydroxylation is 1. The van der Waals surface area contributed by atoms with Gasteiger partial charge in [-0.3, -0.25) is 14.4 Å². The largest absolute Gasteiger partial charge is 0.350 e. The quantitative estimate of drug-likeness (QED) is 0.720. The fourth-order valence-electron chi connectivity index (χ4n) is 5.02. The Morgan fingerprint density at radius 3 is 2.65 bits per heavy atom. The lowest BCUT2D eigenvalue weighted by Gasteiger charge is -2.35. The molecular formula is C27H30N4O3. The molecule has 2 aliphatic rings. The van der Waals surface area contributed by atoms with Crippen molar-refractivity contribution in [3.8, 4) is 6.07 Å². The van der Waals surface area contributed by atoms with Crippen molar-refractivity contribution in [2.75, 3.05) is 6.54 Å². The Kier molecular flexibility index (Phi) is 6.69. The molecule has 0 bridgehead atoms. The molecule has 0 spiro atoms. The second kappa shape index (κ2) is 9.68. The molecule has 0 saturated carbocycles. The molecule has 7 nitrogen and oxygen atoms in total. The maximum atomic E-state index is 13.7. The highest BCUT2D eigenvalue weighted by molar-refractivity contribution is 6.01. The predicted molar refractivity (Wildman–Crippen MR) is 127 cm³/mol. The predicted octanol–water partition coefficient (Wildman–Crippen LogP) is 3.15. The number of rotatable bonds is 6. The Labute approximate surface area is 200 Å². The highest BCUT2D eigenvalue weighted by Gasteiger charge is 2.43. The van der Waals surface area contributed by atoms with Gasteiger partial charge in [-0.1, -0.05) is 38.1 Å². The summed E-state index contributed by atoms with van der Waals surface area (Å²) in [4.78, 5) is 43.2. The smallest absolute Gasteiger partial charge is 0.255 e. The molecule has 0 aliphatic carbocycles. The Balaban J connectivity index is 1.47. The number of benzene rings is 2. The first-order chi connectivity index (χ1) is 16.3. The first-order valence-electron chi connectivity index (χ1n) is 11.8. The summed E-state index contributed by atoms with van der Waals surface area (Å²) >= 11 is 0. The van der Waals surface area contributed by atoms with Crippen molar-refractivity contribution < 1.29 is 14.4 Å². The fourth-order valence-corrected chi connectivity index (χ4v) is 5.02. The first kappa shape index (κ1) is 23.5. The highest BCUT2D eigenvalue weighted by atomic mass is 16.2. The summed E-state index contributed by atoms with van der Waals surface area (Å²) in [6, 6.07) is 13.8. The van der Waals surface area contributed by atoms with Gasteiger partial charge in [-0.15, -0.1) is 0 Å². The van der Waals surface area contributed by atoms with Crippen LogP contribution in [0.4, 0.5) is 0 Å². The van der Waals surface area contributed by atoms with Crippen LogP contribution < -0.4 is 5.32 Å². The molecular weight excluding hydrogens is 428 g/mol. The van der Waals surface area contributed by atoms with Crippen LogP contribution in [-0.2, 0) is 22.7 Å². The van der Waals surface area contributed by atoms with Crippen molar-refractivity contribution in [1.29, 1.82) is 5.26 Å². The van der Waals surface area contributed by atoms with E-state index in [1.807, 2.05) is 45.0 Å². The number of carbonyl (C=O) groups excluding carboxylic acids is 3. The average Bonchev–Trinajstić information content (AvgIpc) is 3.43. The van der Waals surface area contributed by atoms with Gasteiger partial charge in [0.1, 0.15) is 12.1 Å². The van der Waals surface area contributed by atoms with E-state index in [-0.39, 0.29) is 23.6 Å². The fraction of sp³-hybridized carbons (Fsp3) is 0.407. The second-order valence-electron chi connectivity index (χ2n) is 9.44. The van der Waals surface area contributed by atoms with E-state index in [0.717, 1.165) is 23.1 Å². The van der Waals surface area contributed by atoms with Gasteiger partial charge in [0.25, 0.3) is 5.91 Å². The summed E-state index contributed by atoms with van der Waals surface area (Å²) in [5.74, 6) is -0.563. The molecule has 7 heteroatoms. The summed E-state index contributed by atoms with van der Waals surface area (Å²) in [5.41, 5.74) is 4.03. The van der Waals surface area contributed by atoms with E-state index in [0.29, 0.717) is 37.2 Å². The van der Waals surface area contributed by atoms with Crippen molar-refractivity contribution in [3.05, 3.63) is 70.3 Å². The van der Waals surface area contributed by atoms with Crippen LogP contribution in [0.1, 0.15) is 59.3 Å². The molecule has 0 radical (unpaired) electrons. The van der Waals surface area contributed by atoms with Gasteiger partial charge >= 0.3 is 0 Å². The Morgan fingerprint density at radius 1 is 1.21 bits per heavy atom. The first-order valence-corrected chi connectivity index (χ1v) is 11.8. The number of hydrogen-bond acceptors (Lipinski definition) is 4. The summed E-state index contributed by atoms with van der Waals surface area (Å²) in [5, 5.41) is 12.0.